The van der Waals surface area contributed by atoms with Crippen molar-refractivity contribution in [1.29, 1.82) is 0 Å². The molecule has 100 valence electrons. The first-order valence-corrected chi connectivity index (χ1v) is 7.04. The number of anilines is 1. The highest BCUT2D eigenvalue weighted by atomic mass is 79.9. The van der Waals surface area contributed by atoms with Gasteiger partial charge in [0.2, 0.25) is 0 Å². The van der Waals surface area contributed by atoms with Crippen LogP contribution in [0.3, 0.4) is 0 Å². The highest BCUT2D eigenvalue weighted by Crippen LogP contribution is 2.24. The van der Waals surface area contributed by atoms with Crippen molar-refractivity contribution in [3.8, 4) is 0 Å². The second-order valence-electron chi connectivity index (χ2n) is 4.65. The van der Waals surface area contributed by atoms with Crippen molar-refractivity contribution in [2.75, 3.05) is 11.9 Å². The summed E-state index contributed by atoms with van der Waals surface area (Å²) in [6, 6.07) is 12.1. The van der Waals surface area contributed by atoms with E-state index in [1.807, 2.05) is 44.3 Å². The number of hydrogen-bond donors (Lipinski definition) is 1. The fourth-order valence-corrected chi connectivity index (χ4v) is 2.45. The summed E-state index contributed by atoms with van der Waals surface area (Å²) in [6.07, 6.45) is 1.80. The van der Waals surface area contributed by atoms with Gasteiger partial charge in [-0.15, -0.1) is 0 Å². The van der Waals surface area contributed by atoms with E-state index in [9.17, 15) is 0 Å². The van der Waals surface area contributed by atoms with Crippen LogP contribution in [0.1, 0.15) is 24.1 Å². The Morgan fingerprint density at radius 3 is 2.68 bits per heavy atom. The molecule has 1 aromatic heterocycles. The molecule has 4 heteroatoms. The summed E-state index contributed by atoms with van der Waals surface area (Å²) in [7, 11) is 2.04. The topological polar surface area (TPSA) is 42.1 Å². The van der Waals surface area contributed by atoms with Gasteiger partial charge in [0.25, 0.3) is 0 Å². The molecule has 0 aliphatic rings. The average Bonchev–Trinajstić information content (AvgIpc) is 2.41. The van der Waals surface area contributed by atoms with Crippen molar-refractivity contribution >= 4 is 21.7 Å². The lowest BCUT2D eigenvalue weighted by Gasteiger charge is -2.23. The van der Waals surface area contributed by atoms with E-state index in [-0.39, 0.29) is 6.04 Å². The number of rotatable bonds is 4. The van der Waals surface area contributed by atoms with Crippen LogP contribution in [0.2, 0.25) is 0 Å². The predicted octanol–water partition coefficient (Wildman–Crippen LogP) is 3.50. The van der Waals surface area contributed by atoms with Gasteiger partial charge in [-0.05, 0) is 24.6 Å². The van der Waals surface area contributed by atoms with Crippen LogP contribution in [0.5, 0.6) is 0 Å². The average molecular weight is 320 g/mol. The molecule has 0 aliphatic carbocycles. The standard InChI is InChI=1S/C15H18BrN3/c1-11(17)13-7-5-9-18-15(13)19(2)10-12-6-3-4-8-14(12)16/h3-9,11H,10,17H2,1-2H3/t11-/m0/s1. The highest BCUT2D eigenvalue weighted by Gasteiger charge is 2.12. The Labute approximate surface area is 122 Å². The first-order chi connectivity index (χ1) is 9.09. The van der Waals surface area contributed by atoms with E-state index in [0.29, 0.717) is 0 Å². The molecule has 1 atom stereocenters. The molecule has 2 rings (SSSR count). The largest absolute Gasteiger partial charge is 0.355 e. The van der Waals surface area contributed by atoms with E-state index >= 15 is 0 Å². The maximum atomic E-state index is 6.00. The zero-order valence-electron chi connectivity index (χ0n) is 11.2. The van der Waals surface area contributed by atoms with Crippen LogP contribution in [0.25, 0.3) is 0 Å². The highest BCUT2D eigenvalue weighted by molar-refractivity contribution is 9.10. The molecule has 1 heterocycles. The minimum atomic E-state index is -0.0228. The number of benzene rings is 1. The predicted molar refractivity (Wildman–Crippen MR) is 83.1 cm³/mol. The number of aromatic nitrogens is 1. The van der Waals surface area contributed by atoms with Gasteiger partial charge in [-0.1, -0.05) is 40.2 Å². The van der Waals surface area contributed by atoms with E-state index in [0.717, 1.165) is 22.4 Å². The van der Waals surface area contributed by atoms with Gasteiger partial charge in [-0.3, -0.25) is 0 Å². The quantitative estimate of drug-likeness (QED) is 0.937. The van der Waals surface area contributed by atoms with Crippen LogP contribution in [-0.4, -0.2) is 12.0 Å². The Morgan fingerprint density at radius 1 is 1.26 bits per heavy atom. The summed E-state index contributed by atoms with van der Waals surface area (Å²) in [5.41, 5.74) is 8.29. The van der Waals surface area contributed by atoms with Crippen LogP contribution in [0.4, 0.5) is 5.82 Å². The molecule has 19 heavy (non-hydrogen) atoms. The number of nitrogens with two attached hydrogens (primary N) is 1. The van der Waals surface area contributed by atoms with Gasteiger partial charge in [-0.2, -0.15) is 0 Å². The second kappa shape index (κ2) is 6.17. The molecule has 0 fully saturated rings. The van der Waals surface area contributed by atoms with Crippen molar-refractivity contribution < 1.29 is 0 Å². The summed E-state index contributed by atoms with van der Waals surface area (Å²) in [6.45, 7) is 2.77. The molecule has 0 unspecified atom stereocenters. The lowest BCUT2D eigenvalue weighted by atomic mass is 10.1. The molecule has 0 saturated heterocycles. The zero-order valence-corrected chi connectivity index (χ0v) is 12.8. The molecular weight excluding hydrogens is 302 g/mol. The number of pyridine rings is 1. The zero-order chi connectivity index (χ0) is 13.8. The SMILES string of the molecule is C[C@H](N)c1cccnc1N(C)Cc1ccccc1Br. The van der Waals surface area contributed by atoms with Gasteiger partial charge in [0.05, 0.1) is 0 Å². The van der Waals surface area contributed by atoms with Crippen LogP contribution in [0.15, 0.2) is 47.1 Å². The fourth-order valence-electron chi connectivity index (χ4n) is 2.04. The molecule has 1 aromatic carbocycles. The first kappa shape index (κ1) is 14.0. The maximum absolute atomic E-state index is 6.00. The third-order valence-corrected chi connectivity index (χ3v) is 3.81. The van der Waals surface area contributed by atoms with E-state index in [2.05, 4.69) is 31.9 Å². The third-order valence-electron chi connectivity index (χ3n) is 3.03. The Bertz CT molecular complexity index is 555. The molecule has 2 N–H and O–H groups in total. The Hall–Kier alpha value is -1.39. The molecule has 3 nitrogen and oxygen atoms in total. The summed E-state index contributed by atoms with van der Waals surface area (Å²) in [5.74, 6) is 0.938. The number of halogens is 1. The van der Waals surface area contributed by atoms with E-state index < -0.39 is 0 Å². The molecule has 0 spiro atoms. The molecule has 0 saturated carbocycles. The van der Waals surface area contributed by atoms with Gasteiger partial charge in [0.15, 0.2) is 0 Å². The monoisotopic (exact) mass is 319 g/mol. The van der Waals surface area contributed by atoms with Gasteiger partial charge in [0.1, 0.15) is 5.82 Å². The van der Waals surface area contributed by atoms with Crippen molar-refractivity contribution in [3.63, 3.8) is 0 Å². The molecule has 0 amide bonds. The molecular formula is C15H18BrN3. The Morgan fingerprint density at radius 2 is 2.00 bits per heavy atom. The molecule has 0 radical (unpaired) electrons. The summed E-state index contributed by atoms with van der Waals surface area (Å²) >= 11 is 3.57. The normalized spacial score (nSPS) is 12.2. The van der Waals surface area contributed by atoms with Crippen LogP contribution >= 0.6 is 15.9 Å². The van der Waals surface area contributed by atoms with Crippen molar-refractivity contribution in [2.24, 2.45) is 5.73 Å². The Balaban J connectivity index is 2.26. The van der Waals surface area contributed by atoms with Crippen LogP contribution in [0, 0.1) is 0 Å². The summed E-state index contributed by atoms with van der Waals surface area (Å²) in [5, 5.41) is 0. The van der Waals surface area contributed by atoms with Crippen molar-refractivity contribution in [1.82, 2.24) is 4.98 Å². The summed E-state index contributed by atoms with van der Waals surface area (Å²) in [4.78, 5) is 6.58. The number of nitrogens with zero attached hydrogens (tertiary/aromatic N) is 2. The first-order valence-electron chi connectivity index (χ1n) is 6.24. The van der Waals surface area contributed by atoms with Crippen LogP contribution < -0.4 is 10.6 Å². The minimum Gasteiger partial charge on any atom is -0.355 e. The molecule has 2 aromatic rings. The van der Waals surface area contributed by atoms with E-state index in [1.54, 1.807) is 6.20 Å². The lowest BCUT2D eigenvalue weighted by Crippen LogP contribution is -2.21. The van der Waals surface area contributed by atoms with Gasteiger partial charge in [-0.25, -0.2) is 4.98 Å². The van der Waals surface area contributed by atoms with E-state index in [4.69, 9.17) is 5.73 Å². The second-order valence-corrected chi connectivity index (χ2v) is 5.51. The molecule has 0 bridgehead atoms. The van der Waals surface area contributed by atoms with Gasteiger partial charge in [0, 0.05) is 35.9 Å². The summed E-state index contributed by atoms with van der Waals surface area (Å²) < 4.78 is 1.11. The van der Waals surface area contributed by atoms with Gasteiger partial charge >= 0.3 is 0 Å². The third kappa shape index (κ3) is 3.33. The van der Waals surface area contributed by atoms with Crippen LogP contribution in [-0.2, 0) is 6.54 Å². The van der Waals surface area contributed by atoms with E-state index in [1.165, 1.54) is 5.56 Å². The van der Waals surface area contributed by atoms with Crippen molar-refractivity contribution in [2.45, 2.75) is 19.5 Å². The van der Waals surface area contributed by atoms with Crippen molar-refractivity contribution in [3.05, 3.63) is 58.2 Å². The lowest BCUT2D eigenvalue weighted by molar-refractivity contribution is 0.788. The minimum absolute atomic E-state index is 0.0228. The maximum Gasteiger partial charge on any atom is 0.133 e. The molecule has 0 aliphatic heterocycles. The van der Waals surface area contributed by atoms with Gasteiger partial charge < -0.3 is 10.6 Å². The fraction of sp³-hybridized carbons (Fsp3) is 0.267. The smallest absolute Gasteiger partial charge is 0.133 e. The Kier molecular flexibility index (Phi) is 4.56. The number of hydrogen-bond acceptors (Lipinski definition) is 3.